The molecule has 8 heteroatoms. The third-order valence-electron chi connectivity index (χ3n) is 2.69. The van der Waals surface area contributed by atoms with Gasteiger partial charge in [-0.25, -0.2) is 0 Å². The van der Waals surface area contributed by atoms with Crippen LogP contribution in [-0.4, -0.2) is 34.2 Å². The molecule has 0 atom stereocenters. The van der Waals surface area contributed by atoms with Gasteiger partial charge in [0.15, 0.2) is 0 Å². The maximum atomic E-state index is 6.47. The van der Waals surface area contributed by atoms with Crippen LogP contribution in [0.15, 0.2) is 0 Å². The number of hydrogen-bond donors (Lipinski definition) is 0. The molecule has 1 aliphatic rings. The van der Waals surface area contributed by atoms with E-state index in [4.69, 9.17) is 16.5 Å². The molecule has 0 aliphatic carbocycles. The van der Waals surface area contributed by atoms with Gasteiger partial charge >= 0.3 is 34.2 Å². The minimum absolute atomic E-state index is 0.566. The van der Waals surface area contributed by atoms with E-state index in [0.717, 1.165) is 6.04 Å². The predicted molar refractivity (Wildman–Crippen MR) is 88.0 cm³/mol. The Morgan fingerprint density at radius 1 is 0.632 bits per heavy atom. The summed E-state index contributed by atoms with van der Waals surface area (Å²) in [6.07, 6.45) is 0. The molecule has 0 aromatic rings. The molecule has 0 radical (unpaired) electrons. The second-order valence-corrected chi connectivity index (χ2v) is 21.7. The first-order chi connectivity index (χ1) is 8.24. The van der Waals surface area contributed by atoms with Crippen molar-refractivity contribution in [3.8, 4) is 0 Å². The van der Waals surface area contributed by atoms with Crippen molar-refractivity contribution >= 4 is 34.2 Å². The fourth-order valence-corrected chi connectivity index (χ4v) is 25.2. The number of rotatable bonds is 2. The summed E-state index contributed by atoms with van der Waals surface area (Å²) in [5, 5.41) is 0. The first kappa shape index (κ1) is 17.8. The summed E-state index contributed by atoms with van der Waals surface area (Å²) in [6, 6.07) is 0.995. The van der Waals surface area contributed by atoms with Crippen LogP contribution in [0.4, 0.5) is 0 Å². The molecule has 1 heterocycles. The molecule has 0 saturated carbocycles. The second-order valence-electron chi connectivity index (χ2n) is 7.34. The van der Waals surface area contributed by atoms with Crippen molar-refractivity contribution in [1.29, 1.82) is 0 Å². The molecule has 4 nitrogen and oxygen atoms in total. The lowest BCUT2D eigenvalue weighted by atomic mass is 10.3. The van der Waals surface area contributed by atoms with E-state index in [1.807, 2.05) is 0 Å². The second kappa shape index (κ2) is 5.48. The molecular weight excluding hydrogens is 308 g/mol. The van der Waals surface area contributed by atoms with Crippen molar-refractivity contribution in [2.45, 2.75) is 65.7 Å². The first-order valence-corrected chi connectivity index (χ1v) is 18.0. The van der Waals surface area contributed by atoms with Crippen molar-refractivity contribution in [2.24, 2.45) is 5.92 Å². The average Bonchev–Trinajstić information content (AvgIpc) is 1.87. The summed E-state index contributed by atoms with van der Waals surface area (Å²) < 4.78 is 25.5. The van der Waals surface area contributed by atoms with E-state index in [2.05, 4.69) is 59.7 Å². The first-order valence-electron chi connectivity index (χ1n) is 7.05. The van der Waals surface area contributed by atoms with Crippen LogP contribution in [-0.2, 0) is 16.5 Å². The summed E-state index contributed by atoms with van der Waals surface area (Å²) >= 11 is 0. The third kappa shape index (κ3) is 5.92. The van der Waals surface area contributed by atoms with E-state index in [0.29, 0.717) is 5.92 Å². The van der Waals surface area contributed by atoms with Crippen LogP contribution in [0.2, 0.25) is 51.9 Å². The lowest BCUT2D eigenvalue weighted by Crippen LogP contribution is -2.65. The van der Waals surface area contributed by atoms with Crippen molar-refractivity contribution in [2.75, 3.05) is 0 Å². The zero-order valence-electron chi connectivity index (χ0n) is 13.9. The molecule has 1 aliphatic heterocycles. The molecule has 0 spiro atoms. The molecular formula is C11H30O4Si4. The van der Waals surface area contributed by atoms with Crippen LogP contribution in [0.1, 0.15) is 13.8 Å². The van der Waals surface area contributed by atoms with E-state index in [1.165, 1.54) is 0 Å². The van der Waals surface area contributed by atoms with Gasteiger partial charge in [-0.3, -0.25) is 0 Å². The summed E-state index contributed by atoms with van der Waals surface area (Å²) in [5.41, 5.74) is 0. The smallest absolute Gasteiger partial charge is 0.317 e. The lowest BCUT2D eigenvalue weighted by molar-refractivity contribution is 0.231. The van der Waals surface area contributed by atoms with Gasteiger partial charge in [-0.15, -0.1) is 0 Å². The van der Waals surface area contributed by atoms with Crippen molar-refractivity contribution in [1.82, 2.24) is 0 Å². The van der Waals surface area contributed by atoms with Gasteiger partial charge in [0.1, 0.15) is 0 Å². The van der Waals surface area contributed by atoms with Gasteiger partial charge < -0.3 is 16.5 Å². The van der Waals surface area contributed by atoms with Gasteiger partial charge in [-0.05, 0) is 57.8 Å². The summed E-state index contributed by atoms with van der Waals surface area (Å²) in [5.74, 6) is 0.566. The lowest BCUT2D eigenvalue weighted by Gasteiger charge is -2.47. The molecule has 19 heavy (non-hydrogen) atoms. The molecule has 0 bridgehead atoms. The highest BCUT2D eigenvalue weighted by Gasteiger charge is 2.52. The molecule has 0 N–H and O–H groups in total. The Morgan fingerprint density at radius 3 is 1.26 bits per heavy atom. The molecule has 0 aromatic carbocycles. The summed E-state index contributed by atoms with van der Waals surface area (Å²) in [4.78, 5) is 0. The highest BCUT2D eigenvalue weighted by molar-refractivity contribution is 6.93. The minimum Gasteiger partial charge on any atom is -0.416 e. The molecule has 1 fully saturated rings. The van der Waals surface area contributed by atoms with Crippen LogP contribution in [0.3, 0.4) is 0 Å². The Balaban J connectivity index is 3.04. The normalized spacial score (nSPS) is 28.7. The van der Waals surface area contributed by atoms with Gasteiger partial charge in [0, 0.05) is 0 Å². The maximum Gasteiger partial charge on any atom is 0.317 e. The topological polar surface area (TPSA) is 36.9 Å². The van der Waals surface area contributed by atoms with Gasteiger partial charge in [0.05, 0.1) is 0 Å². The average molecular weight is 339 g/mol. The standard InChI is InChI=1S/C11H30O4Si4/c1-11(2)10-19(9)14-17(5,6)12-16(3,4)13-18(7,8)15-19/h11H,10H2,1-9H3. The number of hydrogen-bond acceptors (Lipinski definition) is 4. The fraction of sp³-hybridized carbons (Fsp3) is 1.00. The zero-order valence-corrected chi connectivity index (χ0v) is 17.9. The SMILES string of the molecule is CC(C)C[Si]1(C)O[Si](C)(C)O[Si](C)(C)O[Si](C)(C)O1. The van der Waals surface area contributed by atoms with Gasteiger partial charge in [-0.2, -0.15) is 0 Å². The van der Waals surface area contributed by atoms with E-state index in [-0.39, 0.29) is 0 Å². The zero-order chi connectivity index (χ0) is 15.1. The maximum absolute atomic E-state index is 6.47. The highest BCUT2D eigenvalue weighted by Crippen LogP contribution is 2.33. The molecule has 0 amide bonds. The highest BCUT2D eigenvalue weighted by atomic mass is 28.5. The summed E-state index contributed by atoms with van der Waals surface area (Å²) in [6.45, 7) is 19.2. The van der Waals surface area contributed by atoms with E-state index in [9.17, 15) is 0 Å². The van der Waals surface area contributed by atoms with Gasteiger partial charge in [0.25, 0.3) is 0 Å². The van der Waals surface area contributed by atoms with E-state index in [1.54, 1.807) is 0 Å². The van der Waals surface area contributed by atoms with Gasteiger partial charge in [-0.1, -0.05) is 13.8 Å². The minimum atomic E-state index is -2.22. The quantitative estimate of drug-likeness (QED) is 0.716. The molecule has 114 valence electrons. The van der Waals surface area contributed by atoms with Crippen molar-refractivity contribution < 1.29 is 16.5 Å². The van der Waals surface area contributed by atoms with Crippen LogP contribution in [0, 0.1) is 5.92 Å². The van der Waals surface area contributed by atoms with Crippen molar-refractivity contribution in [3.63, 3.8) is 0 Å². The molecule has 0 aromatic heterocycles. The third-order valence-corrected chi connectivity index (χ3v) is 19.5. The largest absolute Gasteiger partial charge is 0.416 e. The van der Waals surface area contributed by atoms with Crippen molar-refractivity contribution in [3.05, 3.63) is 0 Å². The van der Waals surface area contributed by atoms with Crippen LogP contribution < -0.4 is 0 Å². The van der Waals surface area contributed by atoms with Crippen LogP contribution in [0.25, 0.3) is 0 Å². The van der Waals surface area contributed by atoms with Gasteiger partial charge in [0.2, 0.25) is 0 Å². The fourth-order valence-electron chi connectivity index (χ4n) is 3.13. The molecule has 1 rings (SSSR count). The molecule has 1 saturated heterocycles. The Morgan fingerprint density at radius 2 is 0.947 bits per heavy atom. The Bertz CT molecular complexity index is 309. The predicted octanol–water partition coefficient (Wildman–Crippen LogP) is 3.90. The van der Waals surface area contributed by atoms with Crippen LogP contribution in [0.5, 0.6) is 0 Å². The summed E-state index contributed by atoms with van der Waals surface area (Å²) in [7, 11) is -8.73. The molecule has 0 unspecified atom stereocenters. The Hall–Kier alpha value is 0.708. The van der Waals surface area contributed by atoms with E-state index < -0.39 is 34.2 Å². The van der Waals surface area contributed by atoms with Crippen LogP contribution >= 0.6 is 0 Å². The van der Waals surface area contributed by atoms with E-state index >= 15 is 0 Å². The Kier molecular flexibility index (Phi) is 5.12. The monoisotopic (exact) mass is 338 g/mol. The Labute approximate surface area is 122 Å².